The first-order valence-corrected chi connectivity index (χ1v) is 7.35. The molecule has 3 rings (SSSR count). The maximum atomic E-state index is 12.2. The smallest absolute Gasteiger partial charge is 0.418 e. The third-order valence-corrected chi connectivity index (χ3v) is 3.82. The lowest BCUT2D eigenvalue weighted by atomic mass is 9.98. The zero-order chi connectivity index (χ0) is 17.1. The minimum atomic E-state index is -5.02. The molecule has 2 bridgehead atoms. The molecule has 3 amide bonds. The third-order valence-electron chi connectivity index (χ3n) is 3.47. The lowest BCUT2D eigenvalue weighted by Crippen LogP contribution is -2.41. The first-order chi connectivity index (χ1) is 10.6. The molecule has 2 aliphatic heterocycles. The van der Waals surface area contributed by atoms with E-state index in [0.29, 0.717) is 9.75 Å². The molecule has 3 heterocycles. The van der Waals surface area contributed by atoms with Gasteiger partial charge in [0.05, 0.1) is 18.4 Å². The average Bonchev–Trinajstić information content (AvgIpc) is 2.94. The molecular weight excluding hydrogens is 338 g/mol. The molecule has 1 aromatic heterocycles. The summed E-state index contributed by atoms with van der Waals surface area (Å²) in [4.78, 5) is 35.8. The predicted molar refractivity (Wildman–Crippen MR) is 66.9 cm³/mol. The van der Waals surface area contributed by atoms with E-state index in [1.54, 1.807) is 0 Å². The zero-order valence-corrected chi connectivity index (χ0v) is 11.9. The fraction of sp³-hybridized carbons (Fsp3) is 0.333. The normalized spacial score (nSPS) is 23.1. The van der Waals surface area contributed by atoms with Crippen LogP contribution in [-0.4, -0.2) is 62.4 Å². The van der Waals surface area contributed by atoms with E-state index < -0.39 is 40.5 Å². The number of carbonyl (C=O) groups excluding carboxylic acids is 2. The molecule has 1 aromatic rings. The van der Waals surface area contributed by atoms with Gasteiger partial charge in [-0.05, 0) is 0 Å². The topological polar surface area (TPSA) is 185 Å². The van der Waals surface area contributed by atoms with Gasteiger partial charge in [-0.2, -0.15) is 23.3 Å². The van der Waals surface area contributed by atoms with Gasteiger partial charge in [0.1, 0.15) is 6.04 Å². The first kappa shape index (κ1) is 15.2. The number of fused-ring (bicyclic) bond motifs is 4. The Labute approximate surface area is 127 Å². The highest BCUT2D eigenvalue weighted by Gasteiger charge is 2.54. The summed E-state index contributed by atoms with van der Waals surface area (Å²) in [5.74, 6) is -1.48. The molecule has 4 N–H and O–H groups in total. The van der Waals surface area contributed by atoms with E-state index in [1.165, 1.54) is 0 Å². The number of hydrogen-bond donors (Lipinski definition) is 3. The second kappa shape index (κ2) is 4.64. The molecule has 0 saturated carbocycles. The Hall–Kier alpha value is -2.71. The second-order valence-electron chi connectivity index (χ2n) is 4.75. The monoisotopic (exact) mass is 347 g/mol. The fourth-order valence-electron chi connectivity index (χ4n) is 2.70. The molecule has 0 spiro atoms. The van der Waals surface area contributed by atoms with Gasteiger partial charge in [0.25, 0.3) is 0 Å². The van der Waals surface area contributed by atoms with E-state index >= 15 is 0 Å². The van der Waals surface area contributed by atoms with Gasteiger partial charge in [0.2, 0.25) is 0 Å². The van der Waals surface area contributed by atoms with Gasteiger partial charge < -0.3 is 15.7 Å². The third kappa shape index (κ3) is 2.19. The number of carboxylic acids is 1. The number of rotatable bonds is 3. The summed E-state index contributed by atoms with van der Waals surface area (Å²) in [5.41, 5.74) is 5.00. The lowest BCUT2D eigenvalue weighted by molar-refractivity contribution is -0.142. The fourth-order valence-corrected chi connectivity index (χ4v) is 3.07. The van der Waals surface area contributed by atoms with Crippen LogP contribution >= 0.6 is 0 Å². The van der Waals surface area contributed by atoms with E-state index in [4.69, 9.17) is 10.3 Å². The van der Waals surface area contributed by atoms with Crippen molar-refractivity contribution in [3.8, 4) is 0 Å². The molecule has 2 atom stereocenters. The van der Waals surface area contributed by atoms with Crippen LogP contribution in [0.15, 0.2) is 6.20 Å². The number of aromatic nitrogens is 2. The molecule has 0 aliphatic carbocycles. The zero-order valence-electron chi connectivity index (χ0n) is 11.1. The number of carbonyl (C=O) groups is 3. The molecule has 124 valence electrons. The number of carboxylic acid groups (broad SMARTS) is 1. The maximum Gasteiger partial charge on any atom is 0.418 e. The van der Waals surface area contributed by atoms with Gasteiger partial charge in [-0.15, -0.1) is 4.28 Å². The summed E-state index contributed by atoms with van der Waals surface area (Å²) < 4.78 is 35.3. The van der Waals surface area contributed by atoms with Crippen LogP contribution in [0.4, 0.5) is 9.59 Å². The summed E-state index contributed by atoms with van der Waals surface area (Å²) in [6.07, 6.45) is 1.08. The van der Waals surface area contributed by atoms with E-state index in [9.17, 15) is 27.9 Å². The maximum absolute atomic E-state index is 12.2. The summed E-state index contributed by atoms with van der Waals surface area (Å²) in [5, 5.41) is 13.3. The molecule has 1 saturated heterocycles. The number of aliphatic carboxylic acids is 1. The van der Waals surface area contributed by atoms with E-state index in [0.717, 1.165) is 11.1 Å². The van der Waals surface area contributed by atoms with Crippen molar-refractivity contribution in [3.05, 3.63) is 17.5 Å². The van der Waals surface area contributed by atoms with Crippen LogP contribution in [0.25, 0.3) is 0 Å². The SMILES string of the molecule is NC(=O)n1ncc2c1C(C(=O)O)N1C[C@H]2N(OS(=O)(=O)O)C1=O. The number of primary amides is 1. The molecule has 1 unspecified atom stereocenters. The van der Waals surface area contributed by atoms with Gasteiger partial charge in [-0.3, -0.25) is 4.55 Å². The Morgan fingerprint density at radius 2 is 2.09 bits per heavy atom. The van der Waals surface area contributed by atoms with Crippen molar-refractivity contribution in [1.29, 1.82) is 0 Å². The summed E-state index contributed by atoms with van der Waals surface area (Å²) in [6, 6.07) is -4.87. The van der Waals surface area contributed by atoms with Crippen molar-refractivity contribution in [3.63, 3.8) is 0 Å². The molecule has 14 heteroatoms. The second-order valence-corrected chi connectivity index (χ2v) is 5.76. The van der Waals surface area contributed by atoms with Gasteiger partial charge >= 0.3 is 28.4 Å². The standard InChI is InChI=1S/C9H9N5O8S/c10-8(17)13-5-3(1-11-13)4-2-12(6(5)7(15)16)9(18)14(4)22-23(19,20)21/h1,4,6H,2H2,(H2,10,17)(H,15,16)(H,19,20,21)/t4-,6?/m1/s1. The number of hydrogen-bond acceptors (Lipinski definition) is 7. The number of nitrogens with zero attached hydrogens (tertiary/aromatic N) is 4. The van der Waals surface area contributed by atoms with Gasteiger partial charge in [-0.1, -0.05) is 0 Å². The Balaban J connectivity index is 2.16. The Kier molecular flexibility index (Phi) is 3.07. The van der Waals surface area contributed by atoms with Crippen LogP contribution in [-0.2, 0) is 19.5 Å². The van der Waals surface area contributed by atoms with Crippen LogP contribution < -0.4 is 5.73 Å². The van der Waals surface area contributed by atoms with Gasteiger partial charge in [0, 0.05) is 5.56 Å². The quantitative estimate of drug-likeness (QED) is 0.545. The number of amides is 3. The van der Waals surface area contributed by atoms with Crippen LogP contribution in [0.5, 0.6) is 0 Å². The van der Waals surface area contributed by atoms with Crippen LogP contribution in [0, 0.1) is 0 Å². The van der Waals surface area contributed by atoms with Gasteiger partial charge in [-0.25, -0.2) is 14.4 Å². The molecule has 1 fully saturated rings. The highest BCUT2D eigenvalue weighted by Crippen LogP contribution is 2.44. The summed E-state index contributed by atoms with van der Waals surface area (Å²) in [6.45, 7) is -0.233. The Bertz CT molecular complexity index is 831. The molecule has 2 aliphatic rings. The Morgan fingerprint density at radius 3 is 2.61 bits per heavy atom. The van der Waals surface area contributed by atoms with Crippen molar-refractivity contribution in [2.45, 2.75) is 12.1 Å². The predicted octanol–water partition coefficient (Wildman–Crippen LogP) is -1.54. The highest BCUT2D eigenvalue weighted by molar-refractivity contribution is 7.80. The highest BCUT2D eigenvalue weighted by atomic mass is 32.3. The van der Waals surface area contributed by atoms with E-state index in [1.807, 2.05) is 0 Å². The van der Waals surface area contributed by atoms with Gasteiger partial charge in [0.15, 0.2) is 6.04 Å². The van der Waals surface area contributed by atoms with Crippen molar-refractivity contribution >= 4 is 28.4 Å². The van der Waals surface area contributed by atoms with Crippen molar-refractivity contribution in [2.75, 3.05) is 6.54 Å². The Morgan fingerprint density at radius 1 is 1.43 bits per heavy atom. The minimum Gasteiger partial charge on any atom is -0.479 e. The van der Waals surface area contributed by atoms with E-state index in [-0.39, 0.29) is 17.8 Å². The minimum absolute atomic E-state index is 0.0713. The first-order valence-electron chi connectivity index (χ1n) is 5.99. The number of urea groups is 1. The number of hydroxylamine groups is 2. The lowest BCUT2D eigenvalue weighted by Gasteiger charge is -2.27. The summed E-state index contributed by atoms with van der Waals surface area (Å²) >= 11 is 0. The van der Waals surface area contributed by atoms with Crippen LogP contribution in [0.2, 0.25) is 0 Å². The molecule has 0 radical (unpaired) electrons. The average molecular weight is 347 g/mol. The molecule has 13 nitrogen and oxygen atoms in total. The van der Waals surface area contributed by atoms with Crippen LogP contribution in [0.1, 0.15) is 23.3 Å². The molecule has 0 aromatic carbocycles. The van der Waals surface area contributed by atoms with Crippen LogP contribution in [0.3, 0.4) is 0 Å². The van der Waals surface area contributed by atoms with E-state index in [2.05, 4.69) is 9.38 Å². The van der Waals surface area contributed by atoms with Crippen molar-refractivity contribution < 1.29 is 36.7 Å². The van der Waals surface area contributed by atoms with Crippen molar-refractivity contribution in [2.24, 2.45) is 5.73 Å². The molecular formula is C9H9N5O8S. The number of nitrogens with two attached hydrogens (primary N) is 1. The van der Waals surface area contributed by atoms with Crippen molar-refractivity contribution in [1.82, 2.24) is 19.7 Å². The largest absolute Gasteiger partial charge is 0.479 e. The molecule has 23 heavy (non-hydrogen) atoms. The summed E-state index contributed by atoms with van der Waals surface area (Å²) in [7, 11) is -5.02.